The topological polar surface area (TPSA) is 23.5 Å². The first kappa shape index (κ1) is 17.2. The molecule has 128 valence electrons. The highest BCUT2D eigenvalue weighted by Crippen LogP contribution is 2.48. The molecule has 0 bridgehead atoms. The molecule has 0 amide bonds. The standard InChI is InChI=1S/C22H29NO/c1-17-12-14-19(15-13-17)22(24)16-8-7-11-20(22)21(23(2)3)18-9-5-4-6-10-18/h4-6,9-10,12-15,20-21,24H,7-8,11,16H2,1-3H3. The Morgan fingerprint density at radius 2 is 1.67 bits per heavy atom. The second-order valence-electron chi connectivity index (χ2n) is 7.46. The van der Waals surface area contributed by atoms with Crippen LogP contribution in [-0.2, 0) is 5.60 Å². The van der Waals surface area contributed by atoms with Gasteiger partial charge < -0.3 is 10.0 Å². The van der Waals surface area contributed by atoms with Crippen molar-refractivity contribution < 1.29 is 5.11 Å². The predicted molar refractivity (Wildman–Crippen MR) is 99.9 cm³/mol. The molecule has 1 aliphatic carbocycles. The van der Waals surface area contributed by atoms with Crippen molar-refractivity contribution in [1.29, 1.82) is 0 Å². The third-order valence-electron chi connectivity index (χ3n) is 5.57. The quantitative estimate of drug-likeness (QED) is 0.883. The van der Waals surface area contributed by atoms with Gasteiger partial charge in [0.1, 0.15) is 0 Å². The van der Waals surface area contributed by atoms with E-state index < -0.39 is 5.60 Å². The number of hydrogen-bond donors (Lipinski definition) is 1. The van der Waals surface area contributed by atoms with Crippen LogP contribution in [0.1, 0.15) is 48.4 Å². The summed E-state index contributed by atoms with van der Waals surface area (Å²) in [4.78, 5) is 2.27. The average Bonchev–Trinajstić information content (AvgIpc) is 2.58. The molecule has 0 heterocycles. The van der Waals surface area contributed by atoms with Crippen LogP contribution in [0.5, 0.6) is 0 Å². The highest BCUT2D eigenvalue weighted by atomic mass is 16.3. The SMILES string of the molecule is Cc1ccc(C2(O)CCCCC2C(c2ccccc2)N(C)C)cc1. The summed E-state index contributed by atoms with van der Waals surface area (Å²) in [5, 5.41) is 11.7. The number of hydrogen-bond acceptors (Lipinski definition) is 2. The lowest BCUT2D eigenvalue weighted by Gasteiger charge is -2.46. The summed E-state index contributed by atoms with van der Waals surface area (Å²) < 4.78 is 0. The molecule has 1 fully saturated rings. The molecule has 3 unspecified atom stereocenters. The van der Waals surface area contributed by atoms with Crippen molar-refractivity contribution in [3.63, 3.8) is 0 Å². The van der Waals surface area contributed by atoms with Gasteiger partial charge in [-0.3, -0.25) is 0 Å². The number of nitrogens with zero attached hydrogens (tertiary/aromatic N) is 1. The van der Waals surface area contributed by atoms with E-state index in [1.165, 1.54) is 17.5 Å². The zero-order valence-corrected chi connectivity index (χ0v) is 15.1. The molecule has 2 aromatic carbocycles. The Morgan fingerprint density at radius 3 is 2.29 bits per heavy atom. The molecule has 1 aliphatic rings. The molecule has 2 nitrogen and oxygen atoms in total. The molecular formula is C22H29NO. The van der Waals surface area contributed by atoms with Gasteiger partial charge in [-0.2, -0.15) is 0 Å². The van der Waals surface area contributed by atoms with Gasteiger partial charge in [-0.1, -0.05) is 73.0 Å². The normalized spacial score (nSPS) is 25.6. The summed E-state index contributed by atoms with van der Waals surface area (Å²) in [6.45, 7) is 2.10. The Kier molecular flexibility index (Phi) is 5.07. The summed E-state index contributed by atoms with van der Waals surface area (Å²) >= 11 is 0. The number of benzene rings is 2. The van der Waals surface area contributed by atoms with Gasteiger partial charge in [-0.15, -0.1) is 0 Å². The molecule has 2 aromatic rings. The summed E-state index contributed by atoms with van der Waals surface area (Å²) in [6, 6.07) is 19.3. The smallest absolute Gasteiger partial charge is 0.0942 e. The van der Waals surface area contributed by atoms with Crippen molar-refractivity contribution in [1.82, 2.24) is 4.90 Å². The lowest BCUT2D eigenvalue weighted by atomic mass is 9.67. The Balaban J connectivity index is 2.03. The third kappa shape index (κ3) is 3.26. The Labute approximate surface area is 146 Å². The zero-order chi connectivity index (χ0) is 17.2. The van der Waals surface area contributed by atoms with E-state index in [-0.39, 0.29) is 12.0 Å². The molecule has 24 heavy (non-hydrogen) atoms. The summed E-state index contributed by atoms with van der Waals surface area (Å²) in [6.07, 6.45) is 4.19. The van der Waals surface area contributed by atoms with E-state index in [9.17, 15) is 5.11 Å². The van der Waals surface area contributed by atoms with Gasteiger partial charge in [-0.05, 0) is 45.0 Å². The zero-order valence-electron chi connectivity index (χ0n) is 15.1. The van der Waals surface area contributed by atoms with Gasteiger partial charge >= 0.3 is 0 Å². The Bertz CT molecular complexity index is 649. The fourth-order valence-corrected chi connectivity index (χ4v) is 4.34. The van der Waals surface area contributed by atoms with Crippen LogP contribution in [0.25, 0.3) is 0 Å². The van der Waals surface area contributed by atoms with Crippen molar-refractivity contribution >= 4 is 0 Å². The summed E-state index contributed by atoms with van der Waals surface area (Å²) in [5.74, 6) is 0.200. The van der Waals surface area contributed by atoms with Crippen LogP contribution in [0.4, 0.5) is 0 Å². The van der Waals surface area contributed by atoms with E-state index >= 15 is 0 Å². The van der Waals surface area contributed by atoms with Crippen molar-refractivity contribution in [2.75, 3.05) is 14.1 Å². The number of rotatable bonds is 4. The van der Waals surface area contributed by atoms with E-state index in [2.05, 4.69) is 80.5 Å². The second-order valence-corrected chi connectivity index (χ2v) is 7.46. The van der Waals surface area contributed by atoms with Crippen LogP contribution in [0.15, 0.2) is 54.6 Å². The van der Waals surface area contributed by atoms with Gasteiger partial charge in [0.2, 0.25) is 0 Å². The summed E-state index contributed by atoms with van der Waals surface area (Å²) in [7, 11) is 4.25. The molecule has 2 heteroatoms. The van der Waals surface area contributed by atoms with E-state index in [1.54, 1.807) is 0 Å². The lowest BCUT2D eigenvalue weighted by molar-refractivity contribution is -0.0838. The minimum absolute atomic E-state index is 0.200. The van der Waals surface area contributed by atoms with Crippen LogP contribution in [0.2, 0.25) is 0 Å². The van der Waals surface area contributed by atoms with Crippen molar-refractivity contribution in [2.45, 2.75) is 44.2 Å². The minimum atomic E-state index is -0.753. The number of aliphatic hydroxyl groups is 1. The molecule has 0 aromatic heterocycles. The van der Waals surface area contributed by atoms with Crippen LogP contribution in [0, 0.1) is 12.8 Å². The first-order valence-electron chi connectivity index (χ1n) is 9.03. The van der Waals surface area contributed by atoms with Gasteiger partial charge in [0.25, 0.3) is 0 Å². The first-order valence-corrected chi connectivity index (χ1v) is 9.03. The van der Waals surface area contributed by atoms with Gasteiger partial charge in [0.05, 0.1) is 5.60 Å². The molecule has 0 aliphatic heterocycles. The average molecular weight is 323 g/mol. The fourth-order valence-electron chi connectivity index (χ4n) is 4.34. The highest BCUT2D eigenvalue weighted by Gasteiger charge is 2.45. The molecular weight excluding hydrogens is 294 g/mol. The van der Waals surface area contributed by atoms with Crippen LogP contribution in [-0.4, -0.2) is 24.1 Å². The van der Waals surface area contributed by atoms with Crippen LogP contribution >= 0.6 is 0 Å². The molecule has 3 atom stereocenters. The Morgan fingerprint density at radius 1 is 1.00 bits per heavy atom. The molecule has 0 spiro atoms. The maximum Gasteiger partial charge on any atom is 0.0942 e. The van der Waals surface area contributed by atoms with Crippen molar-refractivity contribution in [3.05, 3.63) is 71.3 Å². The van der Waals surface area contributed by atoms with Crippen molar-refractivity contribution in [2.24, 2.45) is 5.92 Å². The molecule has 0 saturated heterocycles. The Hall–Kier alpha value is -1.64. The van der Waals surface area contributed by atoms with E-state index in [0.717, 1.165) is 24.8 Å². The molecule has 1 N–H and O–H groups in total. The molecule has 1 saturated carbocycles. The molecule has 3 rings (SSSR count). The van der Waals surface area contributed by atoms with Gasteiger partial charge in [0.15, 0.2) is 0 Å². The second kappa shape index (κ2) is 7.08. The van der Waals surface area contributed by atoms with Crippen LogP contribution < -0.4 is 0 Å². The predicted octanol–water partition coefficient (Wildman–Crippen LogP) is 4.68. The maximum absolute atomic E-state index is 11.7. The lowest BCUT2D eigenvalue weighted by Crippen LogP contribution is -2.45. The third-order valence-corrected chi connectivity index (χ3v) is 5.57. The number of aryl methyl sites for hydroxylation is 1. The van der Waals surface area contributed by atoms with Gasteiger partial charge in [0, 0.05) is 12.0 Å². The fraction of sp³-hybridized carbons (Fsp3) is 0.455. The minimum Gasteiger partial charge on any atom is -0.385 e. The van der Waals surface area contributed by atoms with E-state index in [1.807, 2.05) is 0 Å². The van der Waals surface area contributed by atoms with Crippen molar-refractivity contribution in [3.8, 4) is 0 Å². The summed E-state index contributed by atoms with van der Waals surface area (Å²) in [5.41, 5.74) is 2.85. The first-order chi connectivity index (χ1) is 11.5. The largest absolute Gasteiger partial charge is 0.385 e. The monoisotopic (exact) mass is 323 g/mol. The van der Waals surface area contributed by atoms with Gasteiger partial charge in [-0.25, -0.2) is 0 Å². The van der Waals surface area contributed by atoms with E-state index in [0.29, 0.717) is 0 Å². The molecule has 0 radical (unpaired) electrons. The van der Waals surface area contributed by atoms with E-state index in [4.69, 9.17) is 0 Å². The van der Waals surface area contributed by atoms with Crippen LogP contribution in [0.3, 0.4) is 0 Å². The maximum atomic E-state index is 11.7. The highest BCUT2D eigenvalue weighted by molar-refractivity contribution is 5.30.